The Morgan fingerprint density at radius 1 is 1.25 bits per heavy atom. The summed E-state index contributed by atoms with van der Waals surface area (Å²) in [7, 11) is 0. The van der Waals surface area contributed by atoms with Gasteiger partial charge in [-0.3, -0.25) is 0 Å². The first-order valence-corrected chi connectivity index (χ1v) is 6.19. The molecule has 0 aliphatic rings. The predicted octanol–water partition coefficient (Wildman–Crippen LogP) is 3.27. The first-order chi connectivity index (χ1) is 9.65. The lowest BCUT2D eigenvalue weighted by Gasteiger charge is -2.11. The van der Waals surface area contributed by atoms with Gasteiger partial charge in [0.25, 0.3) is 0 Å². The van der Waals surface area contributed by atoms with Crippen LogP contribution < -0.4 is 10.5 Å². The number of aryl methyl sites for hydroxylation is 1. The summed E-state index contributed by atoms with van der Waals surface area (Å²) in [6.45, 7) is 2.05. The molecule has 0 saturated carbocycles. The highest BCUT2D eigenvalue weighted by atomic mass is 19.1. The Kier molecular flexibility index (Phi) is 4.20. The number of hydrogen-bond acceptors (Lipinski definition) is 3. The van der Waals surface area contributed by atoms with Gasteiger partial charge in [-0.15, -0.1) is 0 Å². The van der Waals surface area contributed by atoms with Crippen molar-refractivity contribution < 1.29 is 14.3 Å². The molecule has 5 heteroatoms. The maximum absolute atomic E-state index is 13.8. The van der Waals surface area contributed by atoms with Crippen molar-refractivity contribution in [2.24, 2.45) is 10.9 Å². The molecule has 104 valence electrons. The molecule has 2 rings (SSSR count). The number of rotatable bonds is 4. The summed E-state index contributed by atoms with van der Waals surface area (Å²) in [5, 5.41) is 11.5. The van der Waals surface area contributed by atoms with Gasteiger partial charge in [-0.2, -0.15) is 0 Å². The first kappa shape index (κ1) is 13.9. The van der Waals surface area contributed by atoms with Crippen LogP contribution in [0, 0.1) is 5.82 Å². The number of amidine groups is 1. The van der Waals surface area contributed by atoms with E-state index >= 15 is 0 Å². The Hall–Kier alpha value is -2.56. The van der Waals surface area contributed by atoms with E-state index in [1.54, 1.807) is 18.2 Å². The lowest BCUT2D eigenvalue weighted by molar-refractivity contribution is 0.318. The molecule has 0 aromatic heterocycles. The Bertz CT molecular complexity index is 624. The monoisotopic (exact) mass is 274 g/mol. The van der Waals surface area contributed by atoms with E-state index in [0.29, 0.717) is 5.75 Å². The summed E-state index contributed by atoms with van der Waals surface area (Å²) >= 11 is 0. The van der Waals surface area contributed by atoms with E-state index in [4.69, 9.17) is 15.7 Å². The number of nitrogens with two attached hydrogens (primary N) is 1. The summed E-state index contributed by atoms with van der Waals surface area (Å²) in [5.74, 6) is -0.185. The van der Waals surface area contributed by atoms with Crippen LogP contribution in [0.3, 0.4) is 0 Å². The van der Waals surface area contributed by atoms with Gasteiger partial charge in [0.05, 0.1) is 5.56 Å². The molecule has 0 amide bonds. The highest BCUT2D eigenvalue weighted by Gasteiger charge is 2.14. The number of hydrogen-bond donors (Lipinski definition) is 2. The van der Waals surface area contributed by atoms with E-state index in [9.17, 15) is 4.39 Å². The number of benzene rings is 2. The summed E-state index contributed by atoms with van der Waals surface area (Å²) < 4.78 is 19.4. The molecule has 0 aliphatic carbocycles. The Morgan fingerprint density at radius 3 is 2.55 bits per heavy atom. The topological polar surface area (TPSA) is 67.8 Å². The van der Waals surface area contributed by atoms with Crippen LogP contribution in [0.2, 0.25) is 0 Å². The van der Waals surface area contributed by atoms with E-state index in [-0.39, 0.29) is 17.1 Å². The van der Waals surface area contributed by atoms with Gasteiger partial charge < -0.3 is 15.7 Å². The van der Waals surface area contributed by atoms with Crippen LogP contribution in [0.5, 0.6) is 11.5 Å². The molecule has 0 atom stereocenters. The Morgan fingerprint density at radius 2 is 1.95 bits per heavy atom. The standard InChI is InChI=1S/C15H15FN2O2/c1-2-10-6-8-11(9-7-10)20-13-5-3-4-12(16)14(13)15(17)18-19/h3-9,19H,2H2,1H3,(H2,17,18). The van der Waals surface area contributed by atoms with Crippen LogP contribution in [0.1, 0.15) is 18.1 Å². The minimum Gasteiger partial charge on any atom is -0.456 e. The molecule has 0 spiro atoms. The fraction of sp³-hybridized carbons (Fsp3) is 0.133. The maximum Gasteiger partial charge on any atom is 0.176 e. The molecule has 2 aromatic carbocycles. The molecule has 0 fully saturated rings. The normalized spacial score (nSPS) is 11.4. The maximum atomic E-state index is 13.8. The lowest BCUT2D eigenvalue weighted by atomic mass is 10.1. The largest absolute Gasteiger partial charge is 0.456 e. The second-order valence-corrected chi connectivity index (χ2v) is 4.20. The average molecular weight is 274 g/mol. The Labute approximate surface area is 116 Å². The van der Waals surface area contributed by atoms with Crippen LogP contribution in [0.15, 0.2) is 47.6 Å². The van der Waals surface area contributed by atoms with Crippen molar-refractivity contribution in [3.8, 4) is 11.5 Å². The fourth-order valence-electron chi connectivity index (χ4n) is 1.81. The van der Waals surface area contributed by atoms with E-state index < -0.39 is 5.82 Å². The quantitative estimate of drug-likeness (QED) is 0.389. The highest BCUT2D eigenvalue weighted by molar-refractivity contribution is 5.99. The van der Waals surface area contributed by atoms with Crippen LogP contribution >= 0.6 is 0 Å². The minimum absolute atomic E-state index is 0.0606. The zero-order chi connectivity index (χ0) is 14.5. The van der Waals surface area contributed by atoms with Crippen molar-refractivity contribution >= 4 is 5.84 Å². The van der Waals surface area contributed by atoms with Gasteiger partial charge >= 0.3 is 0 Å². The van der Waals surface area contributed by atoms with Gasteiger partial charge in [0.15, 0.2) is 5.84 Å². The second kappa shape index (κ2) is 6.06. The fourth-order valence-corrected chi connectivity index (χ4v) is 1.81. The van der Waals surface area contributed by atoms with E-state index in [1.165, 1.54) is 17.7 Å². The zero-order valence-electron chi connectivity index (χ0n) is 11.0. The molecule has 0 saturated heterocycles. The van der Waals surface area contributed by atoms with Crippen LogP contribution in [0.4, 0.5) is 4.39 Å². The molecule has 2 aromatic rings. The smallest absolute Gasteiger partial charge is 0.176 e. The summed E-state index contributed by atoms with van der Waals surface area (Å²) in [5.41, 5.74) is 6.59. The van der Waals surface area contributed by atoms with Crippen molar-refractivity contribution in [3.63, 3.8) is 0 Å². The highest BCUT2D eigenvalue weighted by Crippen LogP contribution is 2.27. The van der Waals surface area contributed by atoms with Crippen molar-refractivity contribution in [3.05, 3.63) is 59.4 Å². The molecular formula is C15H15FN2O2. The van der Waals surface area contributed by atoms with Gasteiger partial charge in [0.2, 0.25) is 0 Å². The van der Waals surface area contributed by atoms with Crippen molar-refractivity contribution in [2.75, 3.05) is 0 Å². The van der Waals surface area contributed by atoms with E-state index in [1.807, 2.05) is 12.1 Å². The average Bonchev–Trinajstić information content (AvgIpc) is 2.47. The van der Waals surface area contributed by atoms with Gasteiger partial charge in [-0.1, -0.05) is 30.3 Å². The third kappa shape index (κ3) is 2.88. The van der Waals surface area contributed by atoms with Crippen LogP contribution in [-0.2, 0) is 6.42 Å². The van der Waals surface area contributed by atoms with Crippen LogP contribution in [-0.4, -0.2) is 11.0 Å². The summed E-state index contributed by atoms with van der Waals surface area (Å²) in [6.07, 6.45) is 0.926. The third-order valence-corrected chi connectivity index (χ3v) is 2.90. The van der Waals surface area contributed by atoms with Crippen molar-refractivity contribution in [2.45, 2.75) is 13.3 Å². The zero-order valence-corrected chi connectivity index (χ0v) is 11.0. The Balaban J connectivity index is 2.35. The molecule has 20 heavy (non-hydrogen) atoms. The molecule has 0 heterocycles. The lowest BCUT2D eigenvalue weighted by Crippen LogP contribution is -2.16. The number of halogens is 1. The van der Waals surface area contributed by atoms with E-state index in [2.05, 4.69) is 12.1 Å². The number of nitrogens with zero attached hydrogens (tertiary/aromatic N) is 1. The molecule has 0 bridgehead atoms. The SMILES string of the molecule is CCc1ccc(Oc2cccc(F)c2C(N)=NO)cc1. The van der Waals surface area contributed by atoms with E-state index in [0.717, 1.165) is 6.42 Å². The molecule has 4 nitrogen and oxygen atoms in total. The van der Waals surface area contributed by atoms with Gasteiger partial charge in [-0.25, -0.2) is 4.39 Å². The van der Waals surface area contributed by atoms with Gasteiger partial charge in [-0.05, 0) is 36.2 Å². The number of oxime groups is 1. The van der Waals surface area contributed by atoms with Crippen molar-refractivity contribution in [1.82, 2.24) is 0 Å². The second-order valence-electron chi connectivity index (χ2n) is 4.20. The molecule has 0 unspecified atom stereocenters. The van der Waals surface area contributed by atoms with Gasteiger partial charge in [0.1, 0.15) is 17.3 Å². The summed E-state index contributed by atoms with van der Waals surface area (Å²) in [6, 6.07) is 11.7. The minimum atomic E-state index is -0.608. The predicted molar refractivity (Wildman–Crippen MR) is 74.8 cm³/mol. The molecule has 3 N–H and O–H groups in total. The number of ether oxygens (including phenoxy) is 1. The molecule has 0 aliphatic heterocycles. The van der Waals surface area contributed by atoms with Crippen LogP contribution in [0.25, 0.3) is 0 Å². The van der Waals surface area contributed by atoms with Crippen molar-refractivity contribution in [1.29, 1.82) is 0 Å². The molecular weight excluding hydrogens is 259 g/mol. The first-order valence-electron chi connectivity index (χ1n) is 6.19. The molecule has 0 radical (unpaired) electrons. The summed E-state index contributed by atoms with van der Waals surface area (Å²) in [4.78, 5) is 0. The third-order valence-electron chi connectivity index (χ3n) is 2.90. The van der Waals surface area contributed by atoms with Gasteiger partial charge in [0, 0.05) is 0 Å².